The molecule has 3 aliphatic heterocycles. The number of amides is 4. The van der Waals surface area contributed by atoms with Gasteiger partial charge in [-0.1, -0.05) is 38.8 Å². The van der Waals surface area contributed by atoms with Gasteiger partial charge in [0.2, 0.25) is 21.8 Å². The Morgan fingerprint density at radius 3 is 2.54 bits per heavy atom. The van der Waals surface area contributed by atoms with Gasteiger partial charge in [-0.3, -0.25) is 19.1 Å². The van der Waals surface area contributed by atoms with Crippen LogP contribution in [0.15, 0.2) is 30.4 Å². The number of aromatic nitrogens is 1. The molecule has 2 saturated carbocycles. The topological polar surface area (TPSA) is 182 Å². The van der Waals surface area contributed by atoms with E-state index >= 15 is 4.39 Å². The van der Waals surface area contributed by atoms with E-state index in [1.165, 1.54) is 32.2 Å². The maximum atomic E-state index is 16.8. The molecule has 1 spiro atoms. The summed E-state index contributed by atoms with van der Waals surface area (Å²) in [6.07, 6.45) is -2.51. The molecule has 0 bridgehead atoms. The van der Waals surface area contributed by atoms with Crippen molar-refractivity contribution in [2.45, 2.75) is 125 Å². The molecule has 322 valence electrons. The number of alkyl halides is 4. The Hall–Kier alpha value is -4.68. The van der Waals surface area contributed by atoms with Gasteiger partial charge < -0.3 is 29.7 Å². The van der Waals surface area contributed by atoms with Crippen LogP contribution in [0.2, 0.25) is 0 Å². The predicted molar refractivity (Wildman–Crippen MR) is 204 cm³/mol. The Labute approximate surface area is 339 Å². The molecule has 7 rings (SSSR count). The maximum absolute atomic E-state index is 16.8. The zero-order chi connectivity index (χ0) is 42.7. The molecule has 5 aliphatic rings. The van der Waals surface area contributed by atoms with E-state index in [1.807, 2.05) is 19.9 Å². The molecule has 59 heavy (non-hydrogen) atoms. The van der Waals surface area contributed by atoms with Gasteiger partial charge in [0.15, 0.2) is 11.4 Å². The number of benzene rings is 1. The van der Waals surface area contributed by atoms with Crippen LogP contribution in [0.3, 0.4) is 0 Å². The summed E-state index contributed by atoms with van der Waals surface area (Å²) in [5.41, 5.74) is -5.72. The van der Waals surface area contributed by atoms with Crippen LogP contribution in [0.5, 0.6) is 11.5 Å². The number of ether oxygens (including phenoxy) is 3. The van der Waals surface area contributed by atoms with Crippen molar-refractivity contribution < 1.29 is 59.4 Å². The average molecular weight is 852 g/mol. The Morgan fingerprint density at radius 2 is 1.86 bits per heavy atom. The number of nitrogens with one attached hydrogen (secondary N) is 3. The third-order valence-corrected chi connectivity index (χ3v) is 14.2. The molecular formula is C40H49F4N5O9S. The molecule has 6 atom stereocenters. The number of pyridine rings is 1. The minimum absolute atomic E-state index is 0.0244. The van der Waals surface area contributed by atoms with E-state index in [0.717, 1.165) is 4.90 Å². The second-order valence-corrected chi connectivity index (χ2v) is 19.3. The number of hydrogen-bond acceptors (Lipinski definition) is 10. The van der Waals surface area contributed by atoms with Crippen molar-refractivity contribution >= 4 is 44.7 Å². The Kier molecular flexibility index (Phi) is 11.1. The Balaban J connectivity index is 1.28. The zero-order valence-electron chi connectivity index (χ0n) is 33.2. The third-order valence-electron chi connectivity index (χ3n) is 12.1. The lowest BCUT2D eigenvalue weighted by Gasteiger charge is -2.38. The fourth-order valence-electron chi connectivity index (χ4n) is 8.30. The van der Waals surface area contributed by atoms with Crippen LogP contribution >= 0.6 is 0 Å². The number of fused-ring (bicyclic) bond motifs is 5. The van der Waals surface area contributed by atoms with Crippen molar-refractivity contribution in [2.75, 3.05) is 20.3 Å². The van der Waals surface area contributed by atoms with Gasteiger partial charge in [0.1, 0.15) is 35.1 Å². The van der Waals surface area contributed by atoms with Crippen molar-refractivity contribution in [2.24, 2.45) is 11.8 Å². The fourth-order valence-corrected chi connectivity index (χ4v) is 9.61. The maximum Gasteiger partial charge on any atom is 0.437 e. The second-order valence-electron chi connectivity index (χ2n) is 17.1. The molecule has 4 amide bonds. The summed E-state index contributed by atoms with van der Waals surface area (Å²) in [6, 6.07) is 1.20. The monoisotopic (exact) mass is 851 g/mol. The van der Waals surface area contributed by atoms with Gasteiger partial charge in [0.05, 0.1) is 30.5 Å². The molecule has 1 saturated heterocycles. The summed E-state index contributed by atoms with van der Waals surface area (Å²) in [6.45, 7) is 4.61. The standard InChI is InChI=1S/C40H49F4N5O9S/c1-22(2)20-57-36(53)46-28-11-9-7-5-6-8-10-23-17-39(23,35(52)48-59(54,55)37(3)14-15-37)47-33(50)29-19-38(21-49(29)34(28)51)18-26(41)30-25-16-24(56-4)12-13-27(25)45-32(31(30)58-38)40(42,43)44/h8,10,12-13,16,22-23,26,28-29H,5-7,9,11,14-15,17-21H2,1-4H3,(H,46,53)(H,47,50)(H,48,52)/b10-8-/t23-,26-,28+,29+,38-,39-/m1/s1. The Morgan fingerprint density at radius 1 is 1.12 bits per heavy atom. The number of allylic oxidation sites excluding steroid dienone is 1. The highest BCUT2D eigenvalue weighted by molar-refractivity contribution is 7.91. The average Bonchev–Trinajstić information content (AvgIpc) is 4.06. The molecule has 0 unspecified atom stereocenters. The van der Waals surface area contributed by atoms with E-state index in [-0.39, 0.29) is 42.0 Å². The minimum Gasteiger partial charge on any atom is -0.497 e. The first-order valence-corrected chi connectivity index (χ1v) is 21.4. The van der Waals surface area contributed by atoms with Crippen LogP contribution in [-0.2, 0) is 35.3 Å². The van der Waals surface area contributed by atoms with E-state index < -0.39 is 116 Å². The summed E-state index contributed by atoms with van der Waals surface area (Å²) in [5, 5.41) is 5.33. The van der Waals surface area contributed by atoms with Gasteiger partial charge >= 0.3 is 12.3 Å². The van der Waals surface area contributed by atoms with Crippen LogP contribution in [-0.4, -0.2) is 90.3 Å². The molecule has 1 aromatic heterocycles. The predicted octanol–water partition coefficient (Wildman–Crippen LogP) is 5.54. The van der Waals surface area contributed by atoms with Crippen LogP contribution in [0.4, 0.5) is 22.4 Å². The summed E-state index contributed by atoms with van der Waals surface area (Å²) in [5.74, 6) is -4.01. The summed E-state index contributed by atoms with van der Waals surface area (Å²) in [7, 11) is -2.79. The van der Waals surface area contributed by atoms with Gasteiger partial charge in [0, 0.05) is 29.7 Å². The highest BCUT2D eigenvalue weighted by Crippen LogP contribution is 2.54. The molecule has 3 N–H and O–H groups in total. The molecule has 14 nitrogen and oxygen atoms in total. The number of methoxy groups -OCH3 is 1. The number of alkyl carbamates (subject to hydrolysis) is 1. The fraction of sp³-hybridized carbons (Fsp3) is 0.625. The lowest BCUT2D eigenvalue weighted by Crippen LogP contribution is -2.58. The second kappa shape index (κ2) is 15.4. The highest BCUT2D eigenvalue weighted by Gasteiger charge is 2.64. The van der Waals surface area contributed by atoms with E-state index in [9.17, 15) is 40.8 Å². The molecule has 19 heteroatoms. The van der Waals surface area contributed by atoms with Crippen molar-refractivity contribution in [3.05, 3.63) is 41.6 Å². The quantitative estimate of drug-likeness (QED) is 0.236. The van der Waals surface area contributed by atoms with Crippen LogP contribution in [0, 0.1) is 11.8 Å². The van der Waals surface area contributed by atoms with Crippen LogP contribution in [0.1, 0.15) is 102 Å². The summed E-state index contributed by atoms with van der Waals surface area (Å²) >= 11 is 0. The van der Waals surface area contributed by atoms with Gasteiger partial charge in [-0.25, -0.2) is 22.6 Å². The first-order valence-electron chi connectivity index (χ1n) is 19.9. The first kappa shape index (κ1) is 42.4. The molecule has 1 aromatic carbocycles. The number of sulfonamides is 1. The molecule has 0 radical (unpaired) electrons. The first-order chi connectivity index (χ1) is 27.7. The lowest BCUT2D eigenvalue weighted by molar-refractivity contribution is -0.145. The number of carbonyl (C=O) groups excluding carboxylic acids is 4. The molecule has 4 heterocycles. The van der Waals surface area contributed by atoms with Crippen LogP contribution < -0.4 is 24.8 Å². The van der Waals surface area contributed by atoms with E-state index in [1.54, 1.807) is 6.08 Å². The van der Waals surface area contributed by atoms with Crippen molar-refractivity contribution in [3.63, 3.8) is 0 Å². The van der Waals surface area contributed by atoms with E-state index in [0.29, 0.717) is 38.5 Å². The Bertz CT molecular complexity index is 2180. The smallest absolute Gasteiger partial charge is 0.437 e. The van der Waals surface area contributed by atoms with E-state index in [2.05, 4.69) is 20.3 Å². The lowest BCUT2D eigenvalue weighted by atomic mass is 9.85. The van der Waals surface area contributed by atoms with E-state index in [4.69, 9.17) is 14.2 Å². The number of hydrogen-bond donors (Lipinski definition) is 3. The van der Waals surface area contributed by atoms with Crippen LogP contribution in [0.25, 0.3) is 10.9 Å². The normalized spacial score (nSPS) is 29.8. The number of nitrogens with zero attached hydrogens (tertiary/aromatic N) is 2. The summed E-state index contributed by atoms with van der Waals surface area (Å²) < 4.78 is 105. The molecule has 2 aliphatic carbocycles. The SMILES string of the molecule is COc1ccc2nc(C(F)(F)F)c3c(c2c1)[C@H](F)C[C@]1(C[C@H]2C(=O)N[C@]4(C(=O)NS(=O)(=O)C5(C)CC5)C[C@H]4/C=C\CCCCC[C@H](NC(=O)OCC(C)C)C(=O)N2C1)O3. The molecule has 3 fully saturated rings. The van der Waals surface area contributed by atoms with Crippen molar-refractivity contribution in [3.8, 4) is 11.5 Å². The zero-order valence-corrected chi connectivity index (χ0v) is 34.1. The molecular weight excluding hydrogens is 803 g/mol. The number of carbonyl (C=O) groups is 4. The summed E-state index contributed by atoms with van der Waals surface area (Å²) in [4.78, 5) is 61.0. The molecule has 2 aromatic rings. The van der Waals surface area contributed by atoms with Gasteiger partial charge in [0.25, 0.3) is 5.91 Å². The minimum atomic E-state index is -5.11. The number of halogens is 4. The van der Waals surface area contributed by atoms with Gasteiger partial charge in [-0.2, -0.15) is 13.2 Å². The highest BCUT2D eigenvalue weighted by atomic mass is 32.2. The largest absolute Gasteiger partial charge is 0.497 e. The van der Waals surface area contributed by atoms with Gasteiger partial charge in [-0.15, -0.1) is 0 Å². The number of rotatable bonds is 7. The third kappa shape index (κ3) is 8.27. The van der Waals surface area contributed by atoms with Gasteiger partial charge in [-0.05, 0) is 69.6 Å². The van der Waals surface area contributed by atoms with Crippen molar-refractivity contribution in [1.82, 2.24) is 25.2 Å². The van der Waals surface area contributed by atoms with Crippen molar-refractivity contribution in [1.29, 1.82) is 0 Å².